The summed E-state index contributed by atoms with van der Waals surface area (Å²) < 4.78 is 10.5. The number of likely N-dealkylation sites (N-methyl/N-ethyl adjacent to an activating group) is 1. The first-order valence-electron chi connectivity index (χ1n) is 6.44. The summed E-state index contributed by atoms with van der Waals surface area (Å²) >= 11 is 0. The van der Waals surface area contributed by atoms with Crippen molar-refractivity contribution in [3.63, 3.8) is 0 Å². The highest BCUT2D eigenvalue weighted by molar-refractivity contribution is 5.79. The van der Waals surface area contributed by atoms with Crippen LogP contribution in [0.3, 0.4) is 0 Å². The molecule has 1 aliphatic rings. The van der Waals surface area contributed by atoms with Crippen LogP contribution < -0.4 is 0 Å². The molecule has 4 heteroatoms. The van der Waals surface area contributed by atoms with E-state index in [4.69, 9.17) is 9.47 Å². The van der Waals surface area contributed by atoms with Crippen LogP contribution in [0.2, 0.25) is 0 Å². The van der Waals surface area contributed by atoms with Crippen LogP contribution in [0.4, 0.5) is 0 Å². The molecule has 100 valence electrons. The van der Waals surface area contributed by atoms with E-state index in [1.807, 2.05) is 27.8 Å². The van der Waals surface area contributed by atoms with Crippen molar-refractivity contribution in [1.82, 2.24) is 4.90 Å². The number of carbonyl (C=O) groups excluding carboxylic acids is 1. The minimum absolute atomic E-state index is 0.144. The molecule has 0 unspecified atom stereocenters. The number of hydrogen-bond donors (Lipinski definition) is 0. The monoisotopic (exact) mass is 243 g/mol. The van der Waals surface area contributed by atoms with Gasteiger partial charge in [0.2, 0.25) is 0 Å². The van der Waals surface area contributed by atoms with Crippen LogP contribution in [-0.4, -0.2) is 49.8 Å². The molecule has 1 saturated heterocycles. The second-order valence-electron chi connectivity index (χ2n) is 5.22. The quantitative estimate of drug-likeness (QED) is 0.689. The van der Waals surface area contributed by atoms with Crippen molar-refractivity contribution in [2.24, 2.45) is 5.92 Å². The van der Waals surface area contributed by atoms with Gasteiger partial charge in [-0.1, -0.05) is 0 Å². The maximum atomic E-state index is 11.9. The first kappa shape index (κ1) is 14.5. The maximum absolute atomic E-state index is 11.9. The van der Waals surface area contributed by atoms with Crippen molar-refractivity contribution in [2.45, 2.75) is 39.2 Å². The van der Waals surface area contributed by atoms with Gasteiger partial charge in [0.05, 0.1) is 6.61 Å². The van der Waals surface area contributed by atoms with E-state index in [0.29, 0.717) is 12.5 Å². The third kappa shape index (κ3) is 3.96. The Kier molecular flexibility index (Phi) is 5.40. The average molecular weight is 243 g/mol. The second kappa shape index (κ2) is 6.36. The van der Waals surface area contributed by atoms with Crippen LogP contribution in [0.5, 0.6) is 0 Å². The molecule has 0 saturated carbocycles. The Hall–Kier alpha value is -0.610. The zero-order chi connectivity index (χ0) is 12.9. The van der Waals surface area contributed by atoms with Gasteiger partial charge >= 0.3 is 5.97 Å². The van der Waals surface area contributed by atoms with Crippen LogP contribution in [0.25, 0.3) is 0 Å². The topological polar surface area (TPSA) is 38.8 Å². The van der Waals surface area contributed by atoms with Gasteiger partial charge in [-0.3, -0.25) is 9.69 Å². The van der Waals surface area contributed by atoms with E-state index in [-0.39, 0.29) is 5.97 Å². The molecule has 0 aromatic carbocycles. The molecule has 0 aromatic heterocycles. The lowest BCUT2D eigenvalue weighted by Crippen LogP contribution is -2.50. The fourth-order valence-corrected chi connectivity index (χ4v) is 2.01. The van der Waals surface area contributed by atoms with Crippen molar-refractivity contribution >= 4 is 5.97 Å². The highest BCUT2D eigenvalue weighted by atomic mass is 16.5. The Morgan fingerprint density at radius 1 is 1.41 bits per heavy atom. The Bertz CT molecular complexity index is 247. The molecule has 1 heterocycles. The smallest absolute Gasteiger partial charge is 0.325 e. The molecule has 0 bridgehead atoms. The van der Waals surface area contributed by atoms with E-state index >= 15 is 0 Å². The van der Waals surface area contributed by atoms with Crippen LogP contribution >= 0.6 is 0 Å². The van der Waals surface area contributed by atoms with Gasteiger partial charge in [0.15, 0.2) is 0 Å². The van der Waals surface area contributed by atoms with Crippen LogP contribution in [0.15, 0.2) is 0 Å². The van der Waals surface area contributed by atoms with Crippen LogP contribution in [-0.2, 0) is 14.3 Å². The van der Waals surface area contributed by atoms with Gasteiger partial charge in [-0.2, -0.15) is 0 Å². The normalized spacial score (nSPS) is 18.4. The average Bonchev–Trinajstić information content (AvgIpc) is 2.30. The molecular weight excluding hydrogens is 218 g/mol. The standard InChI is InChI=1S/C13H25NO3/c1-5-17-12(15)13(2,3)14(4)10-11-6-8-16-9-7-11/h11H,5-10H2,1-4H3. The van der Waals surface area contributed by atoms with Crippen LogP contribution in [0, 0.1) is 5.92 Å². The van der Waals surface area contributed by atoms with Gasteiger partial charge in [-0.25, -0.2) is 0 Å². The zero-order valence-electron chi connectivity index (χ0n) is 11.5. The molecule has 0 amide bonds. The second-order valence-corrected chi connectivity index (χ2v) is 5.22. The minimum atomic E-state index is -0.547. The Morgan fingerprint density at radius 3 is 2.53 bits per heavy atom. The first-order chi connectivity index (χ1) is 7.98. The van der Waals surface area contributed by atoms with E-state index in [1.54, 1.807) is 0 Å². The molecule has 1 fully saturated rings. The molecule has 0 aliphatic carbocycles. The lowest BCUT2D eigenvalue weighted by molar-refractivity contribution is -0.155. The van der Waals surface area contributed by atoms with E-state index in [9.17, 15) is 4.79 Å². The molecule has 0 spiro atoms. The molecule has 4 nitrogen and oxygen atoms in total. The molecule has 1 rings (SSSR count). The summed E-state index contributed by atoms with van der Waals surface area (Å²) in [4.78, 5) is 14.0. The van der Waals surface area contributed by atoms with Gasteiger partial charge in [0.1, 0.15) is 5.54 Å². The lowest BCUT2D eigenvalue weighted by atomic mass is 9.96. The lowest BCUT2D eigenvalue weighted by Gasteiger charge is -2.36. The summed E-state index contributed by atoms with van der Waals surface area (Å²) in [6.45, 7) is 8.74. The number of hydrogen-bond acceptors (Lipinski definition) is 4. The molecule has 0 atom stereocenters. The predicted molar refractivity (Wildman–Crippen MR) is 66.9 cm³/mol. The Morgan fingerprint density at radius 2 is 2.00 bits per heavy atom. The van der Waals surface area contributed by atoms with Crippen molar-refractivity contribution in [3.05, 3.63) is 0 Å². The molecule has 17 heavy (non-hydrogen) atoms. The maximum Gasteiger partial charge on any atom is 0.325 e. The molecule has 0 N–H and O–H groups in total. The molecule has 1 aliphatic heterocycles. The number of ether oxygens (including phenoxy) is 2. The zero-order valence-corrected chi connectivity index (χ0v) is 11.5. The van der Waals surface area contributed by atoms with Crippen molar-refractivity contribution in [1.29, 1.82) is 0 Å². The summed E-state index contributed by atoms with van der Waals surface area (Å²) in [5.74, 6) is 0.483. The van der Waals surface area contributed by atoms with E-state index in [0.717, 1.165) is 32.6 Å². The summed E-state index contributed by atoms with van der Waals surface area (Å²) in [7, 11) is 1.99. The summed E-state index contributed by atoms with van der Waals surface area (Å²) in [6, 6.07) is 0. The predicted octanol–water partition coefficient (Wildman–Crippen LogP) is 1.69. The summed E-state index contributed by atoms with van der Waals surface area (Å²) in [5.41, 5.74) is -0.547. The fraction of sp³-hybridized carbons (Fsp3) is 0.923. The van der Waals surface area contributed by atoms with Crippen molar-refractivity contribution in [3.8, 4) is 0 Å². The molecule has 0 radical (unpaired) electrons. The fourth-order valence-electron chi connectivity index (χ4n) is 2.01. The number of esters is 1. The van der Waals surface area contributed by atoms with Crippen molar-refractivity contribution < 1.29 is 14.3 Å². The number of carbonyl (C=O) groups is 1. The largest absolute Gasteiger partial charge is 0.465 e. The number of rotatable bonds is 5. The van der Waals surface area contributed by atoms with E-state index in [2.05, 4.69) is 4.90 Å². The van der Waals surface area contributed by atoms with Crippen molar-refractivity contribution in [2.75, 3.05) is 33.4 Å². The summed E-state index contributed by atoms with van der Waals surface area (Å²) in [5, 5.41) is 0. The summed E-state index contributed by atoms with van der Waals surface area (Å²) in [6.07, 6.45) is 2.17. The Labute approximate surface area is 104 Å². The van der Waals surface area contributed by atoms with Gasteiger partial charge in [-0.05, 0) is 46.6 Å². The highest BCUT2D eigenvalue weighted by Crippen LogP contribution is 2.21. The molecular formula is C13H25NO3. The third-order valence-electron chi connectivity index (χ3n) is 3.60. The van der Waals surface area contributed by atoms with E-state index in [1.165, 1.54) is 0 Å². The third-order valence-corrected chi connectivity index (χ3v) is 3.60. The highest BCUT2D eigenvalue weighted by Gasteiger charge is 2.34. The SMILES string of the molecule is CCOC(=O)C(C)(C)N(C)CC1CCOCC1. The number of nitrogens with zero attached hydrogens (tertiary/aromatic N) is 1. The van der Waals surface area contributed by atoms with Gasteiger partial charge in [0.25, 0.3) is 0 Å². The van der Waals surface area contributed by atoms with Gasteiger partial charge in [0, 0.05) is 19.8 Å². The Balaban J connectivity index is 2.48. The molecule has 0 aromatic rings. The van der Waals surface area contributed by atoms with Gasteiger partial charge in [-0.15, -0.1) is 0 Å². The minimum Gasteiger partial charge on any atom is -0.465 e. The first-order valence-corrected chi connectivity index (χ1v) is 6.44. The van der Waals surface area contributed by atoms with Crippen LogP contribution in [0.1, 0.15) is 33.6 Å². The van der Waals surface area contributed by atoms with Gasteiger partial charge < -0.3 is 9.47 Å². The van der Waals surface area contributed by atoms with E-state index < -0.39 is 5.54 Å².